The lowest BCUT2D eigenvalue weighted by Gasteiger charge is -2.32. The first-order valence-electron chi connectivity index (χ1n) is 7.55. The SMILES string of the molecule is CCOC(=O)/C=C\[C@@H]1OC2(CCCCC2)O[C@@H]1[C@H](O)CBr. The van der Waals surface area contributed by atoms with E-state index in [9.17, 15) is 9.90 Å². The number of aliphatic hydroxyl groups excluding tert-OH is 1. The fraction of sp³-hybridized carbons (Fsp3) is 0.800. The van der Waals surface area contributed by atoms with Gasteiger partial charge in [0.05, 0.1) is 12.7 Å². The lowest BCUT2D eigenvalue weighted by Crippen LogP contribution is -2.37. The van der Waals surface area contributed by atoms with Crippen molar-refractivity contribution in [1.82, 2.24) is 0 Å². The van der Waals surface area contributed by atoms with E-state index in [1.165, 1.54) is 12.5 Å². The first-order valence-corrected chi connectivity index (χ1v) is 8.67. The molecule has 0 unspecified atom stereocenters. The Morgan fingerprint density at radius 2 is 2.14 bits per heavy atom. The second-order valence-corrected chi connectivity index (χ2v) is 6.12. The van der Waals surface area contributed by atoms with Crippen LogP contribution in [-0.4, -0.2) is 47.1 Å². The molecule has 1 N–H and O–H groups in total. The van der Waals surface area contributed by atoms with E-state index >= 15 is 0 Å². The van der Waals surface area contributed by atoms with Gasteiger partial charge in [0.25, 0.3) is 0 Å². The van der Waals surface area contributed by atoms with Crippen LogP contribution in [0.4, 0.5) is 0 Å². The number of rotatable bonds is 5. The molecule has 0 radical (unpaired) electrons. The monoisotopic (exact) mass is 362 g/mol. The third-order valence-corrected chi connectivity index (χ3v) is 4.55. The maximum Gasteiger partial charge on any atom is 0.330 e. The molecule has 5 nitrogen and oxygen atoms in total. The Kier molecular flexibility index (Phi) is 6.22. The fourth-order valence-electron chi connectivity index (χ4n) is 2.88. The number of carbonyl (C=O) groups is 1. The van der Waals surface area contributed by atoms with Crippen molar-refractivity contribution in [3.63, 3.8) is 0 Å². The minimum atomic E-state index is -0.678. The van der Waals surface area contributed by atoms with Crippen LogP contribution in [0.5, 0.6) is 0 Å². The first-order chi connectivity index (χ1) is 10.1. The van der Waals surface area contributed by atoms with Crippen molar-refractivity contribution in [3.8, 4) is 0 Å². The van der Waals surface area contributed by atoms with Crippen LogP contribution in [0.15, 0.2) is 12.2 Å². The molecule has 0 bridgehead atoms. The minimum Gasteiger partial charge on any atom is -0.463 e. The van der Waals surface area contributed by atoms with Gasteiger partial charge in [0.1, 0.15) is 12.2 Å². The van der Waals surface area contributed by atoms with Crippen LogP contribution in [0.1, 0.15) is 39.0 Å². The van der Waals surface area contributed by atoms with Gasteiger partial charge in [0.2, 0.25) is 0 Å². The summed E-state index contributed by atoms with van der Waals surface area (Å²) in [6.45, 7) is 2.10. The number of alkyl halides is 1. The van der Waals surface area contributed by atoms with Gasteiger partial charge in [0, 0.05) is 24.2 Å². The molecule has 0 amide bonds. The Balaban J connectivity index is 2.06. The second-order valence-electron chi connectivity index (χ2n) is 5.47. The number of carbonyl (C=O) groups excluding carboxylic acids is 1. The van der Waals surface area contributed by atoms with E-state index < -0.39 is 30.1 Å². The van der Waals surface area contributed by atoms with Crippen LogP contribution in [0.2, 0.25) is 0 Å². The number of aliphatic hydroxyl groups is 1. The van der Waals surface area contributed by atoms with Crippen molar-refractivity contribution in [2.45, 2.75) is 63.1 Å². The van der Waals surface area contributed by atoms with Gasteiger partial charge < -0.3 is 19.3 Å². The van der Waals surface area contributed by atoms with E-state index in [0.717, 1.165) is 25.7 Å². The van der Waals surface area contributed by atoms with Crippen LogP contribution in [0.25, 0.3) is 0 Å². The molecule has 6 heteroatoms. The molecule has 1 heterocycles. The Morgan fingerprint density at radius 1 is 1.43 bits per heavy atom. The molecule has 21 heavy (non-hydrogen) atoms. The fourth-order valence-corrected chi connectivity index (χ4v) is 3.25. The molecule has 120 valence electrons. The molecule has 0 aromatic rings. The average Bonchev–Trinajstić information content (AvgIpc) is 2.84. The van der Waals surface area contributed by atoms with Crippen molar-refractivity contribution >= 4 is 21.9 Å². The third-order valence-electron chi connectivity index (χ3n) is 3.89. The second kappa shape index (κ2) is 7.72. The van der Waals surface area contributed by atoms with E-state index in [2.05, 4.69) is 15.9 Å². The van der Waals surface area contributed by atoms with Gasteiger partial charge in [-0.2, -0.15) is 0 Å². The molecular weight excluding hydrogens is 340 g/mol. The van der Waals surface area contributed by atoms with Gasteiger partial charge in [-0.3, -0.25) is 0 Å². The highest BCUT2D eigenvalue weighted by atomic mass is 79.9. The van der Waals surface area contributed by atoms with E-state index in [0.29, 0.717) is 11.9 Å². The smallest absolute Gasteiger partial charge is 0.330 e. The summed E-state index contributed by atoms with van der Waals surface area (Å²) in [6.07, 6.45) is 6.40. The zero-order valence-corrected chi connectivity index (χ0v) is 13.9. The molecular formula is C15H23BrO5. The standard InChI is InChI=1S/C15H23BrO5/c1-2-19-13(18)7-6-12-14(11(17)10-16)21-15(20-12)8-4-3-5-9-15/h6-7,11-12,14,17H,2-5,8-10H2,1H3/b7-6-/t11-,12+,14-/m1/s1. The Hall–Kier alpha value is -0.430. The van der Waals surface area contributed by atoms with E-state index in [-0.39, 0.29) is 0 Å². The van der Waals surface area contributed by atoms with Crippen molar-refractivity contribution in [2.24, 2.45) is 0 Å². The maximum atomic E-state index is 11.4. The molecule has 2 fully saturated rings. The molecule has 1 spiro atoms. The number of esters is 1. The highest BCUT2D eigenvalue weighted by molar-refractivity contribution is 9.09. The number of hydrogen-bond donors (Lipinski definition) is 1. The molecule has 3 atom stereocenters. The predicted octanol–water partition coefficient (Wildman–Crippen LogP) is 2.31. The molecule has 1 aliphatic carbocycles. The van der Waals surface area contributed by atoms with Gasteiger partial charge in [-0.25, -0.2) is 4.79 Å². The van der Waals surface area contributed by atoms with Crippen molar-refractivity contribution in [1.29, 1.82) is 0 Å². The molecule has 0 aromatic carbocycles. The van der Waals surface area contributed by atoms with E-state index in [1.54, 1.807) is 13.0 Å². The van der Waals surface area contributed by atoms with Crippen molar-refractivity contribution < 1.29 is 24.1 Å². The molecule has 1 saturated heterocycles. The Bertz CT molecular complexity index is 378. The first kappa shape index (κ1) is 16.9. The van der Waals surface area contributed by atoms with Crippen LogP contribution in [-0.2, 0) is 19.0 Å². The van der Waals surface area contributed by atoms with Gasteiger partial charge in [0.15, 0.2) is 5.79 Å². The molecule has 1 aliphatic heterocycles. The van der Waals surface area contributed by atoms with Gasteiger partial charge in [-0.15, -0.1) is 0 Å². The van der Waals surface area contributed by atoms with Gasteiger partial charge in [-0.05, 0) is 25.8 Å². The third kappa shape index (κ3) is 4.28. The predicted molar refractivity (Wildman–Crippen MR) is 81.1 cm³/mol. The summed E-state index contributed by atoms with van der Waals surface area (Å²) in [5.74, 6) is -1.01. The summed E-state index contributed by atoms with van der Waals surface area (Å²) >= 11 is 3.27. The number of halogens is 1. The van der Waals surface area contributed by atoms with Gasteiger partial charge >= 0.3 is 5.97 Å². The quantitative estimate of drug-likeness (QED) is 0.461. The molecule has 2 aliphatic rings. The molecule has 0 aromatic heterocycles. The van der Waals surface area contributed by atoms with Gasteiger partial charge in [-0.1, -0.05) is 22.4 Å². The van der Waals surface area contributed by atoms with E-state index in [4.69, 9.17) is 14.2 Å². The summed E-state index contributed by atoms with van der Waals surface area (Å²) < 4.78 is 17.0. The normalized spacial score (nSPS) is 29.9. The van der Waals surface area contributed by atoms with Crippen LogP contribution >= 0.6 is 15.9 Å². The summed E-state index contributed by atoms with van der Waals surface area (Å²) in [5, 5.41) is 10.5. The van der Waals surface area contributed by atoms with Crippen LogP contribution in [0.3, 0.4) is 0 Å². The largest absolute Gasteiger partial charge is 0.463 e. The van der Waals surface area contributed by atoms with E-state index in [1.807, 2.05) is 0 Å². The summed E-state index contributed by atoms with van der Waals surface area (Å²) in [5.41, 5.74) is 0. The number of hydrogen-bond acceptors (Lipinski definition) is 5. The zero-order chi connectivity index (χ0) is 15.3. The number of ether oxygens (including phenoxy) is 3. The Morgan fingerprint density at radius 3 is 2.76 bits per heavy atom. The lowest BCUT2D eigenvalue weighted by molar-refractivity contribution is -0.197. The van der Waals surface area contributed by atoms with Crippen molar-refractivity contribution in [2.75, 3.05) is 11.9 Å². The average molecular weight is 363 g/mol. The summed E-state index contributed by atoms with van der Waals surface area (Å²) in [6, 6.07) is 0. The minimum absolute atomic E-state index is 0.336. The summed E-state index contributed by atoms with van der Waals surface area (Å²) in [4.78, 5) is 11.4. The summed E-state index contributed by atoms with van der Waals surface area (Å²) in [7, 11) is 0. The van der Waals surface area contributed by atoms with Crippen LogP contribution < -0.4 is 0 Å². The molecule has 2 rings (SSSR count). The molecule has 1 saturated carbocycles. The topological polar surface area (TPSA) is 65.0 Å². The zero-order valence-electron chi connectivity index (χ0n) is 12.3. The van der Waals surface area contributed by atoms with Crippen LogP contribution in [0, 0.1) is 0 Å². The maximum absolute atomic E-state index is 11.4. The Labute approximate surface area is 133 Å². The highest BCUT2D eigenvalue weighted by Gasteiger charge is 2.49. The van der Waals surface area contributed by atoms with Crippen molar-refractivity contribution in [3.05, 3.63) is 12.2 Å². The lowest BCUT2D eigenvalue weighted by atomic mass is 9.94. The highest BCUT2D eigenvalue weighted by Crippen LogP contribution is 2.41.